The Hall–Kier alpha value is -3.88. The lowest BCUT2D eigenvalue weighted by Crippen LogP contribution is -2.62. The van der Waals surface area contributed by atoms with Gasteiger partial charge < -0.3 is 14.7 Å². The van der Waals surface area contributed by atoms with Crippen LogP contribution in [0.5, 0.6) is 11.5 Å². The molecular formula is C23H19F2N3O4. The predicted octanol–water partition coefficient (Wildman–Crippen LogP) is 2.75. The van der Waals surface area contributed by atoms with E-state index in [2.05, 4.69) is 0 Å². The molecule has 0 aliphatic carbocycles. The summed E-state index contributed by atoms with van der Waals surface area (Å²) in [5.74, 6) is -3.07. The first-order chi connectivity index (χ1) is 15.4. The molecule has 3 aromatic rings. The number of pyridine rings is 1. The SMILES string of the molecule is CN1C(=O)c2c(O)c(=O)ccn2N2C1CCOc1cc(F)c(F)cc1[C@@H]2c1ccccc1. The van der Waals surface area contributed by atoms with Gasteiger partial charge in [-0.2, -0.15) is 0 Å². The third-order valence-corrected chi connectivity index (χ3v) is 5.94. The largest absolute Gasteiger partial charge is 0.502 e. The van der Waals surface area contributed by atoms with Crippen molar-refractivity contribution in [1.29, 1.82) is 0 Å². The second kappa shape index (κ2) is 7.37. The number of amides is 1. The number of aromatic hydroxyl groups is 1. The molecule has 7 nitrogen and oxygen atoms in total. The minimum atomic E-state index is -1.03. The van der Waals surface area contributed by atoms with Crippen LogP contribution in [-0.4, -0.2) is 40.4 Å². The Kier molecular flexibility index (Phi) is 4.61. The van der Waals surface area contributed by atoms with Crippen LogP contribution in [0.25, 0.3) is 0 Å². The zero-order valence-corrected chi connectivity index (χ0v) is 17.0. The standard InChI is InChI=1S/C23H19F2N3O4/c1-26-19-8-10-32-18-12-16(25)15(24)11-14(18)20(13-5-3-2-4-6-13)28(19)27-9-7-17(29)22(30)21(27)23(26)31/h2-7,9,11-12,19-20,30H,8,10H2,1H3/t19?,20-/m0/s1. The first-order valence-electron chi connectivity index (χ1n) is 10.1. The van der Waals surface area contributed by atoms with Gasteiger partial charge in [-0.05, 0) is 11.6 Å². The van der Waals surface area contributed by atoms with Gasteiger partial charge in [0.15, 0.2) is 23.1 Å². The molecule has 9 heteroatoms. The monoisotopic (exact) mass is 439 g/mol. The van der Waals surface area contributed by atoms with Gasteiger partial charge in [0.25, 0.3) is 5.91 Å². The van der Waals surface area contributed by atoms with Crippen molar-refractivity contribution in [2.45, 2.75) is 18.6 Å². The number of carbonyl (C=O) groups is 1. The summed E-state index contributed by atoms with van der Waals surface area (Å²) in [4.78, 5) is 26.6. The first kappa shape index (κ1) is 20.0. The van der Waals surface area contributed by atoms with Gasteiger partial charge in [0, 0.05) is 37.4 Å². The number of halogens is 2. The van der Waals surface area contributed by atoms with E-state index in [0.29, 0.717) is 12.0 Å². The van der Waals surface area contributed by atoms with Crippen molar-refractivity contribution in [2.24, 2.45) is 0 Å². The molecule has 164 valence electrons. The van der Waals surface area contributed by atoms with Crippen molar-refractivity contribution >= 4 is 5.91 Å². The van der Waals surface area contributed by atoms with E-state index >= 15 is 0 Å². The molecule has 0 spiro atoms. The number of carbonyl (C=O) groups excluding carboxylic acids is 1. The number of hydrogen-bond acceptors (Lipinski definition) is 5. The average molecular weight is 439 g/mol. The van der Waals surface area contributed by atoms with Crippen molar-refractivity contribution in [3.05, 3.63) is 93.4 Å². The lowest BCUT2D eigenvalue weighted by Gasteiger charge is -2.49. The molecule has 5 rings (SSSR count). The van der Waals surface area contributed by atoms with Crippen molar-refractivity contribution in [2.75, 3.05) is 18.7 Å². The maximum Gasteiger partial charge on any atom is 0.277 e. The van der Waals surface area contributed by atoms with Crippen LogP contribution in [0.3, 0.4) is 0 Å². The summed E-state index contributed by atoms with van der Waals surface area (Å²) in [5.41, 5.74) is 0.202. The highest BCUT2D eigenvalue weighted by atomic mass is 19.2. The maximum atomic E-state index is 14.4. The highest BCUT2D eigenvalue weighted by Crippen LogP contribution is 2.41. The fraction of sp³-hybridized carbons (Fsp3) is 0.217. The Bertz CT molecular complexity index is 1280. The summed E-state index contributed by atoms with van der Waals surface area (Å²) in [6.07, 6.45) is 1.20. The van der Waals surface area contributed by atoms with E-state index < -0.39 is 40.9 Å². The normalized spacial score (nSPS) is 19.9. The molecule has 0 radical (unpaired) electrons. The molecule has 1 amide bonds. The second-order valence-electron chi connectivity index (χ2n) is 7.75. The zero-order chi connectivity index (χ0) is 22.6. The average Bonchev–Trinajstić information content (AvgIpc) is 2.78. The molecule has 2 aromatic carbocycles. The Morgan fingerprint density at radius 1 is 1.06 bits per heavy atom. The van der Waals surface area contributed by atoms with E-state index in [-0.39, 0.29) is 18.1 Å². The second-order valence-corrected chi connectivity index (χ2v) is 7.75. The van der Waals surface area contributed by atoms with Crippen LogP contribution in [0.2, 0.25) is 0 Å². The van der Waals surface area contributed by atoms with Crippen molar-refractivity contribution in [3.8, 4) is 11.5 Å². The van der Waals surface area contributed by atoms with Gasteiger partial charge in [0.1, 0.15) is 18.0 Å². The van der Waals surface area contributed by atoms with Crippen molar-refractivity contribution in [3.63, 3.8) is 0 Å². The number of benzene rings is 2. The minimum Gasteiger partial charge on any atom is -0.502 e. The summed E-state index contributed by atoms with van der Waals surface area (Å²) in [5, 5.41) is 12.2. The highest BCUT2D eigenvalue weighted by molar-refractivity contribution is 5.96. The summed E-state index contributed by atoms with van der Waals surface area (Å²) in [6, 6.07) is 11.7. The number of nitrogens with zero attached hydrogens (tertiary/aromatic N) is 3. The van der Waals surface area contributed by atoms with Crippen LogP contribution in [-0.2, 0) is 0 Å². The highest BCUT2D eigenvalue weighted by Gasteiger charge is 2.43. The van der Waals surface area contributed by atoms with E-state index in [1.165, 1.54) is 15.8 Å². The Balaban J connectivity index is 1.84. The smallest absolute Gasteiger partial charge is 0.277 e. The van der Waals surface area contributed by atoms with Crippen molar-refractivity contribution < 1.29 is 23.4 Å². The molecule has 32 heavy (non-hydrogen) atoms. The van der Waals surface area contributed by atoms with E-state index in [1.54, 1.807) is 12.1 Å². The van der Waals surface area contributed by atoms with Crippen LogP contribution in [0.4, 0.5) is 8.78 Å². The molecule has 1 aromatic heterocycles. The lowest BCUT2D eigenvalue weighted by atomic mass is 9.95. The molecule has 1 unspecified atom stereocenters. The van der Waals surface area contributed by atoms with Gasteiger partial charge in [-0.3, -0.25) is 19.3 Å². The van der Waals surface area contributed by atoms with Gasteiger partial charge >= 0.3 is 0 Å². The molecule has 2 aliphatic heterocycles. The van der Waals surface area contributed by atoms with Crippen LogP contribution in [0.1, 0.15) is 34.1 Å². The quantitative estimate of drug-likeness (QED) is 0.631. The topological polar surface area (TPSA) is 75.0 Å². The fourth-order valence-electron chi connectivity index (χ4n) is 4.42. The van der Waals surface area contributed by atoms with Crippen LogP contribution >= 0.6 is 0 Å². The third-order valence-electron chi connectivity index (χ3n) is 5.94. The summed E-state index contributed by atoms with van der Waals surface area (Å²) < 4.78 is 35.7. The minimum absolute atomic E-state index is 0.139. The van der Waals surface area contributed by atoms with E-state index in [1.807, 2.05) is 30.3 Å². The van der Waals surface area contributed by atoms with Crippen LogP contribution in [0.15, 0.2) is 59.5 Å². The van der Waals surface area contributed by atoms with E-state index in [4.69, 9.17) is 4.74 Å². The van der Waals surface area contributed by atoms with Crippen LogP contribution < -0.4 is 15.2 Å². The lowest BCUT2D eigenvalue weighted by molar-refractivity contribution is 0.0573. The number of aromatic nitrogens is 1. The zero-order valence-electron chi connectivity index (χ0n) is 17.0. The molecule has 1 N–H and O–H groups in total. The number of hydrogen-bond donors (Lipinski definition) is 1. The van der Waals surface area contributed by atoms with Crippen molar-refractivity contribution in [1.82, 2.24) is 9.58 Å². The van der Waals surface area contributed by atoms with Gasteiger partial charge in [-0.25, -0.2) is 8.78 Å². The molecule has 0 bridgehead atoms. The van der Waals surface area contributed by atoms with Gasteiger partial charge in [-0.15, -0.1) is 0 Å². The molecule has 2 aliphatic rings. The molecule has 3 heterocycles. The van der Waals surface area contributed by atoms with E-state index in [0.717, 1.165) is 23.8 Å². The van der Waals surface area contributed by atoms with Crippen LogP contribution in [0, 0.1) is 11.6 Å². The molecule has 0 saturated carbocycles. The summed E-state index contributed by atoms with van der Waals surface area (Å²) in [6.45, 7) is 0.139. The molecule has 0 fully saturated rings. The number of ether oxygens (including phenoxy) is 1. The van der Waals surface area contributed by atoms with Gasteiger partial charge in [0.05, 0.1) is 6.61 Å². The Morgan fingerprint density at radius 3 is 2.53 bits per heavy atom. The van der Waals surface area contributed by atoms with Gasteiger partial charge in [-0.1, -0.05) is 30.3 Å². The maximum absolute atomic E-state index is 14.4. The predicted molar refractivity (Wildman–Crippen MR) is 111 cm³/mol. The number of fused-ring (bicyclic) bond motifs is 4. The summed E-state index contributed by atoms with van der Waals surface area (Å²) in [7, 11) is 1.57. The van der Waals surface area contributed by atoms with E-state index in [9.17, 15) is 23.5 Å². The number of rotatable bonds is 1. The van der Waals surface area contributed by atoms with Gasteiger partial charge in [0.2, 0.25) is 5.43 Å². The molecule has 0 saturated heterocycles. The Morgan fingerprint density at radius 2 is 1.78 bits per heavy atom. The Labute approximate surface area is 181 Å². The molecule has 2 atom stereocenters. The summed E-state index contributed by atoms with van der Waals surface area (Å²) >= 11 is 0. The molecular weight excluding hydrogens is 420 g/mol. The first-order valence-corrected chi connectivity index (χ1v) is 10.1. The fourth-order valence-corrected chi connectivity index (χ4v) is 4.42. The third kappa shape index (κ3) is 2.92.